The molecular formula is C20H15ClN2O3S. The summed E-state index contributed by atoms with van der Waals surface area (Å²) in [6.07, 6.45) is 3.42. The average molecular weight is 399 g/mol. The van der Waals surface area contributed by atoms with E-state index in [1.54, 1.807) is 36.4 Å². The van der Waals surface area contributed by atoms with Crippen molar-refractivity contribution in [3.63, 3.8) is 0 Å². The first-order valence-electron chi connectivity index (χ1n) is 7.98. The Morgan fingerprint density at radius 2 is 1.85 bits per heavy atom. The van der Waals surface area contributed by atoms with Crippen molar-refractivity contribution >= 4 is 52.2 Å². The van der Waals surface area contributed by atoms with E-state index in [1.807, 2.05) is 12.1 Å². The van der Waals surface area contributed by atoms with Gasteiger partial charge in [0, 0.05) is 11.6 Å². The molecule has 5 nitrogen and oxygen atoms in total. The van der Waals surface area contributed by atoms with Crippen LogP contribution in [0.5, 0.6) is 0 Å². The maximum atomic E-state index is 12.7. The fraction of sp³-hybridized carbons (Fsp3) is 0.0500. The molecule has 1 aliphatic rings. The van der Waals surface area contributed by atoms with Gasteiger partial charge in [0.2, 0.25) is 0 Å². The van der Waals surface area contributed by atoms with E-state index in [2.05, 4.69) is 11.6 Å². The molecule has 0 aromatic heterocycles. The second kappa shape index (κ2) is 8.24. The summed E-state index contributed by atoms with van der Waals surface area (Å²) in [5.41, 5.74) is 1.61. The van der Waals surface area contributed by atoms with Crippen molar-refractivity contribution in [3.05, 3.63) is 82.2 Å². The van der Waals surface area contributed by atoms with Crippen LogP contribution in [-0.4, -0.2) is 33.6 Å². The number of aromatic carboxylic acids is 1. The molecule has 0 spiro atoms. The zero-order valence-corrected chi connectivity index (χ0v) is 15.7. The third-order valence-corrected chi connectivity index (χ3v) is 4.97. The highest BCUT2D eigenvalue weighted by Gasteiger charge is 2.32. The highest BCUT2D eigenvalue weighted by atomic mass is 35.5. The molecule has 0 atom stereocenters. The molecule has 136 valence electrons. The van der Waals surface area contributed by atoms with Crippen molar-refractivity contribution in [2.24, 2.45) is 4.99 Å². The van der Waals surface area contributed by atoms with E-state index in [4.69, 9.17) is 16.7 Å². The first-order valence-corrected chi connectivity index (χ1v) is 9.17. The summed E-state index contributed by atoms with van der Waals surface area (Å²) in [6.45, 7) is 4.02. The Labute approximate surface area is 165 Å². The van der Waals surface area contributed by atoms with Crippen molar-refractivity contribution in [2.45, 2.75) is 0 Å². The number of halogens is 1. The van der Waals surface area contributed by atoms with Gasteiger partial charge in [-0.05, 0) is 59.8 Å². The van der Waals surface area contributed by atoms with E-state index in [9.17, 15) is 9.59 Å². The molecule has 7 heteroatoms. The van der Waals surface area contributed by atoms with E-state index >= 15 is 0 Å². The summed E-state index contributed by atoms with van der Waals surface area (Å²) >= 11 is 7.16. The van der Waals surface area contributed by atoms with Gasteiger partial charge >= 0.3 is 5.97 Å². The van der Waals surface area contributed by atoms with Gasteiger partial charge in [0.25, 0.3) is 5.91 Å². The number of carbonyl (C=O) groups is 2. The molecule has 1 N–H and O–H groups in total. The predicted octanol–water partition coefficient (Wildman–Crippen LogP) is 4.83. The number of carboxylic acid groups (broad SMARTS) is 1. The number of aliphatic imine (C=N–C) groups is 1. The lowest BCUT2D eigenvalue weighted by Crippen LogP contribution is -2.29. The van der Waals surface area contributed by atoms with Crippen LogP contribution in [0.25, 0.3) is 6.08 Å². The fourth-order valence-corrected chi connectivity index (χ4v) is 3.51. The number of thioether (sulfide) groups is 1. The van der Waals surface area contributed by atoms with Crippen LogP contribution in [0.1, 0.15) is 15.9 Å². The Hall–Kier alpha value is -2.83. The SMILES string of the molecule is C=CCN1C(=O)/C(=C/c2ccc(Cl)cc2)SC1=Nc1ccc(C(=O)O)cc1. The van der Waals surface area contributed by atoms with Gasteiger partial charge in [0.15, 0.2) is 5.17 Å². The van der Waals surface area contributed by atoms with Crippen LogP contribution >= 0.6 is 23.4 Å². The smallest absolute Gasteiger partial charge is 0.335 e. The van der Waals surface area contributed by atoms with Crippen molar-refractivity contribution in [2.75, 3.05) is 6.54 Å². The van der Waals surface area contributed by atoms with Crippen LogP contribution in [0.15, 0.2) is 71.1 Å². The number of carboxylic acids is 1. The number of hydrogen-bond acceptors (Lipinski definition) is 4. The summed E-state index contributed by atoms with van der Waals surface area (Å²) < 4.78 is 0. The van der Waals surface area contributed by atoms with Gasteiger partial charge in [-0.2, -0.15) is 0 Å². The topological polar surface area (TPSA) is 70.0 Å². The number of carbonyl (C=O) groups excluding carboxylic acids is 1. The van der Waals surface area contributed by atoms with Gasteiger partial charge in [-0.15, -0.1) is 6.58 Å². The molecular weight excluding hydrogens is 384 g/mol. The molecule has 27 heavy (non-hydrogen) atoms. The fourth-order valence-electron chi connectivity index (χ4n) is 2.38. The second-order valence-corrected chi connectivity index (χ2v) is 7.06. The molecule has 0 unspecified atom stereocenters. The number of hydrogen-bond donors (Lipinski definition) is 1. The van der Waals surface area contributed by atoms with Crippen LogP contribution in [-0.2, 0) is 4.79 Å². The predicted molar refractivity (Wildman–Crippen MR) is 109 cm³/mol. The summed E-state index contributed by atoms with van der Waals surface area (Å²) in [6, 6.07) is 13.4. The average Bonchev–Trinajstić information content (AvgIpc) is 2.93. The summed E-state index contributed by atoms with van der Waals surface area (Å²) in [4.78, 5) is 30.2. The number of benzene rings is 2. The molecule has 0 bridgehead atoms. The highest BCUT2D eigenvalue weighted by Crippen LogP contribution is 2.34. The second-order valence-electron chi connectivity index (χ2n) is 5.61. The Balaban J connectivity index is 1.91. The summed E-state index contributed by atoms with van der Waals surface area (Å²) in [5.74, 6) is -1.16. The Morgan fingerprint density at radius 3 is 2.44 bits per heavy atom. The molecule has 1 saturated heterocycles. The van der Waals surface area contributed by atoms with Crippen molar-refractivity contribution in [3.8, 4) is 0 Å². The van der Waals surface area contributed by atoms with E-state index in [-0.39, 0.29) is 11.5 Å². The van der Waals surface area contributed by atoms with E-state index in [0.29, 0.717) is 27.3 Å². The third-order valence-electron chi connectivity index (χ3n) is 3.71. The van der Waals surface area contributed by atoms with Crippen LogP contribution in [0.4, 0.5) is 5.69 Å². The largest absolute Gasteiger partial charge is 0.478 e. The Bertz CT molecular complexity index is 950. The number of nitrogens with zero attached hydrogens (tertiary/aromatic N) is 2. The van der Waals surface area contributed by atoms with Gasteiger partial charge in [-0.1, -0.05) is 29.8 Å². The lowest BCUT2D eigenvalue weighted by Gasteiger charge is -2.12. The first kappa shape index (κ1) is 18.9. The normalized spacial score (nSPS) is 16.9. The molecule has 2 aromatic rings. The third kappa shape index (κ3) is 4.48. The molecule has 1 heterocycles. The molecule has 3 rings (SSSR count). The lowest BCUT2D eigenvalue weighted by molar-refractivity contribution is -0.121. The van der Waals surface area contributed by atoms with Crippen LogP contribution < -0.4 is 0 Å². The molecule has 1 amide bonds. The standard InChI is InChI=1S/C20H15ClN2O3S/c1-2-11-23-18(24)17(12-13-3-7-15(21)8-4-13)27-20(23)22-16-9-5-14(6-10-16)19(25)26/h2-10,12H,1,11H2,(H,25,26)/b17-12-,22-20?. The Kier molecular flexibility index (Phi) is 5.78. The van der Waals surface area contributed by atoms with Gasteiger partial charge in [0.1, 0.15) is 0 Å². The van der Waals surface area contributed by atoms with E-state index < -0.39 is 5.97 Å². The van der Waals surface area contributed by atoms with Gasteiger partial charge in [0.05, 0.1) is 16.2 Å². The maximum absolute atomic E-state index is 12.7. The molecule has 1 fully saturated rings. The van der Waals surface area contributed by atoms with Crippen molar-refractivity contribution in [1.82, 2.24) is 4.90 Å². The molecule has 0 saturated carbocycles. The zero-order valence-electron chi connectivity index (χ0n) is 14.1. The van der Waals surface area contributed by atoms with E-state index in [0.717, 1.165) is 5.56 Å². The van der Waals surface area contributed by atoms with Crippen molar-refractivity contribution in [1.29, 1.82) is 0 Å². The number of rotatable bonds is 5. The van der Waals surface area contributed by atoms with Crippen LogP contribution in [0.3, 0.4) is 0 Å². The molecule has 2 aromatic carbocycles. The maximum Gasteiger partial charge on any atom is 0.335 e. The quantitative estimate of drug-likeness (QED) is 0.578. The minimum Gasteiger partial charge on any atom is -0.478 e. The summed E-state index contributed by atoms with van der Waals surface area (Å²) in [5, 5.41) is 10.1. The minimum atomic E-state index is -0.999. The zero-order chi connectivity index (χ0) is 19.4. The van der Waals surface area contributed by atoms with Crippen LogP contribution in [0, 0.1) is 0 Å². The Morgan fingerprint density at radius 1 is 1.19 bits per heavy atom. The lowest BCUT2D eigenvalue weighted by atomic mass is 10.2. The molecule has 0 radical (unpaired) electrons. The van der Waals surface area contributed by atoms with Gasteiger partial charge in [-0.3, -0.25) is 9.69 Å². The van der Waals surface area contributed by atoms with E-state index in [1.165, 1.54) is 28.8 Å². The van der Waals surface area contributed by atoms with Crippen LogP contribution in [0.2, 0.25) is 5.02 Å². The molecule has 1 aliphatic heterocycles. The first-order chi connectivity index (χ1) is 13.0. The van der Waals surface area contributed by atoms with Gasteiger partial charge in [-0.25, -0.2) is 9.79 Å². The van der Waals surface area contributed by atoms with Crippen molar-refractivity contribution < 1.29 is 14.7 Å². The summed E-state index contributed by atoms with van der Waals surface area (Å²) in [7, 11) is 0. The number of amidine groups is 1. The monoisotopic (exact) mass is 398 g/mol. The van der Waals surface area contributed by atoms with Gasteiger partial charge < -0.3 is 5.11 Å². The highest BCUT2D eigenvalue weighted by molar-refractivity contribution is 8.18. The molecule has 0 aliphatic carbocycles. The number of amides is 1. The minimum absolute atomic E-state index is 0.157.